The van der Waals surface area contributed by atoms with E-state index in [2.05, 4.69) is 42.5 Å². The van der Waals surface area contributed by atoms with Crippen LogP contribution in [0.2, 0.25) is 0 Å². The second-order valence-electron chi connectivity index (χ2n) is 6.76. The summed E-state index contributed by atoms with van der Waals surface area (Å²) in [6, 6.07) is 3.09. The highest BCUT2D eigenvalue weighted by Gasteiger charge is 2.31. The number of carbonyl (C=O) groups is 1. The molecule has 152 valence electrons. The standard InChI is InChI=1S/C18H26Br2N2O5/c19-11-5-10(7-21-12-3-1-2-4-12)16(13(20)6-11)22-14(8-23)17(26)18(27)15(25)9-24/h5-6,12,14-15,18,21-25,27H,1-4,7-9H2/t14?,15-,18-/m1/s1. The Morgan fingerprint density at radius 2 is 1.81 bits per heavy atom. The maximum Gasteiger partial charge on any atom is 0.188 e. The summed E-state index contributed by atoms with van der Waals surface area (Å²) in [4.78, 5) is 12.4. The highest BCUT2D eigenvalue weighted by molar-refractivity contribution is 9.11. The number of ketones is 1. The lowest BCUT2D eigenvalue weighted by Gasteiger charge is -2.24. The molecule has 1 saturated carbocycles. The predicted octanol–water partition coefficient (Wildman–Crippen LogP) is 1.30. The fraction of sp³-hybridized carbons (Fsp3) is 0.611. The number of benzene rings is 1. The molecule has 0 spiro atoms. The van der Waals surface area contributed by atoms with Crippen LogP contribution in [0.25, 0.3) is 0 Å². The van der Waals surface area contributed by atoms with E-state index in [4.69, 9.17) is 5.11 Å². The fourth-order valence-electron chi connectivity index (χ4n) is 3.19. The quantitative estimate of drug-likeness (QED) is 0.281. The lowest BCUT2D eigenvalue weighted by atomic mass is 10.0. The third kappa shape index (κ3) is 6.22. The van der Waals surface area contributed by atoms with Crippen molar-refractivity contribution in [2.24, 2.45) is 0 Å². The van der Waals surface area contributed by atoms with E-state index in [9.17, 15) is 20.1 Å². The van der Waals surface area contributed by atoms with Crippen LogP contribution in [-0.2, 0) is 11.3 Å². The summed E-state index contributed by atoms with van der Waals surface area (Å²) in [5, 5.41) is 44.4. The molecule has 2 rings (SSSR count). The second-order valence-corrected chi connectivity index (χ2v) is 8.53. The van der Waals surface area contributed by atoms with Crippen LogP contribution < -0.4 is 10.6 Å². The van der Waals surface area contributed by atoms with Crippen molar-refractivity contribution in [3.8, 4) is 0 Å². The van der Waals surface area contributed by atoms with Crippen LogP contribution >= 0.6 is 31.9 Å². The van der Waals surface area contributed by atoms with Gasteiger partial charge in [0, 0.05) is 21.5 Å². The molecule has 0 radical (unpaired) electrons. The van der Waals surface area contributed by atoms with Crippen LogP contribution in [0.15, 0.2) is 21.1 Å². The van der Waals surface area contributed by atoms with E-state index < -0.39 is 37.2 Å². The van der Waals surface area contributed by atoms with E-state index in [0.717, 1.165) is 22.9 Å². The monoisotopic (exact) mass is 508 g/mol. The summed E-state index contributed by atoms with van der Waals surface area (Å²) in [6.07, 6.45) is 1.34. The molecule has 0 heterocycles. The second kappa shape index (κ2) is 10.8. The number of aliphatic hydroxyl groups is 4. The van der Waals surface area contributed by atoms with Gasteiger partial charge in [-0.05, 0) is 46.5 Å². The normalized spacial score (nSPS) is 18.3. The van der Waals surface area contributed by atoms with Crippen molar-refractivity contribution in [3.05, 3.63) is 26.6 Å². The van der Waals surface area contributed by atoms with Gasteiger partial charge in [-0.3, -0.25) is 4.79 Å². The van der Waals surface area contributed by atoms with Crippen molar-refractivity contribution in [2.75, 3.05) is 18.5 Å². The number of halogens is 2. The maximum absolute atomic E-state index is 12.4. The first-order chi connectivity index (χ1) is 12.9. The Balaban J connectivity index is 2.17. The van der Waals surface area contributed by atoms with E-state index in [1.807, 2.05) is 12.1 Å². The Morgan fingerprint density at radius 1 is 1.15 bits per heavy atom. The Bertz CT molecular complexity index is 640. The molecule has 9 heteroatoms. The van der Waals surface area contributed by atoms with E-state index in [1.165, 1.54) is 12.8 Å². The Hall–Kier alpha value is -0.550. The zero-order chi connectivity index (χ0) is 20.0. The highest BCUT2D eigenvalue weighted by Crippen LogP contribution is 2.32. The van der Waals surface area contributed by atoms with Gasteiger partial charge in [0.2, 0.25) is 0 Å². The third-order valence-electron chi connectivity index (χ3n) is 4.76. The van der Waals surface area contributed by atoms with Crippen molar-refractivity contribution in [1.29, 1.82) is 0 Å². The molecule has 1 aromatic carbocycles. The van der Waals surface area contributed by atoms with Gasteiger partial charge in [0.15, 0.2) is 5.78 Å². The molecule has 0 bridgehead atoms. The minimum Gasteiger partial charge on any atom is -0.394 e. The zero-order valence-corrected chi connectivity index (χ0v) is 18.0. The van der Waals surface area contributed by atoms with Crippen LogP contribution in [0.5, 0.6) is 0 Å². The molecule has 1 aliphatic rings. The summed E-state index contributed by atoms with van der Waals surface area (Å²) < 4.78 is 1.56. The number of aliphatic hydroxyl groups excluding tert-OH is 4. The van der Waals surface area contributed by atoms with Crippen LogP contribution in [0.4, 0.5) is 5.69 Å². The van der Waals surface area contributed by atoms with Gasteiger partial charge < -0.3 is 31.1 Å². The average Bonchev–Trinajstić information content (AvgIpc) is 3.17. The van der Waals surface area contributed by atoms with E-state index in [0.29, 0.717) is 22.7 Å². The molecule has 0 aromatic heterocycles. The first kappa shape index (κ1) is 22.7. The number of anilines is 1. The van der Waals surface area contributed by atoms with Crippen molar-refractivity contribution in [1.82, 2.24) is 5.32 Å². The number of hydrogen-bond donors (Lipinski definition) is 6. The molecule has 1 fully saturated rings. The van der Waals surface area contributed by atoms with Gasteiger partial charge in [-0.25, -0.2) is 0 Å². The molecule has 3 atom stereocenters. The Labute approximate surface area is 175 Å². The number of rotatable bonds is 10. The van der Waals surface area contributed by atoms with Crippen LogP contribution in [0, 0.1) is 0 Å². The SMILES string of the molecule is O=C(C(CO)Nc1c(Br)cc(Br)cc1CNC1CCCC1)[C@H](O)[C@H](O)CO. The first-order valence-corrected chi connectivity index (χ1v) is 10.5. The largest absolute Gasteiger partial charge is 0.394 e. The Kier molecular flexibility index (Phi) is 9.13. The van der Waals surface area contributed by atoms with Gasteiger partial charge in [0.25, 0.3) is 0 Å². The molecular formula is C18H26Br2N2O5. The zero-order valence-electron chi connectivity index (χ0n) is 14.9. The van der Waals surface area contributed by atoms with Crippen LogP contribution in [-0.4, -0.2) is 63.7 Å². The first-order valence-electron chi connectivity index (χ1n) is 8.96. The van der Waals surface area contributed by atoms with Gasteiger partial charge in [0.1, 0.15) is 18.2 Å². The lowest BCUT2D eigenvalue weighted by molar-refractivity contribution is -0.136. The number of hydrogen-bond acceptors (Lipinski definition) is 7. The van der Waals surface area contributed by atoms with Crippen molar-refractivity contribution in [2.45, 2.75) is 56.5 Å². The molecule has 7 nitrogen and oxygen atoms in total. The maximum atomic E-state index is 12.4. The molecule has 1 aromatic rings. The fourth-order valence-corrected chi connectivity index (χ4v) is 4.62. The molecule has 6 N–H and O–H groups in total. The van der Waals surface area contributed by atoms with Crippen molar-refractivity contribution >= 4 is 43.3 Å². The lowest BCUT2D eigenvalue weighted by Crippen LogP contribution is -2.46. The van der Waals surface area contributed by atoms with E-state index in [1.54, 1.807) is 0 Å². The number of nitrogens with one attached hydrogen (secondary N) is 2. The van der Waals surface area contributed by atoms with E-state index in [-0.39, 0.29) is 0 Å². The number of carbonyl (C=O) groups excluding carboxylic acids is 1. The molecule has 0 aliphatic heterocycles. The van der Waals surface area contributed by atoms with Crippen molar-refractivity contribution < 1.29 is 25.2 Å². The molecule has 1 unspecified atom stereocenters. The molecular weight excluding hydrogens is 484 g/mol. The summed E-state index contributed by atoms with van der Waals surface area (Å²) >= 11 is 6.93. The topological polar surface area (TPSA) is 122 Å². The molecule has 27 heavy (non-hydrogen) atoms. The van der Waals surface area contributed by atoms with Gasteiger partial charge in [-0.1, -0.05) is 28.8 Å². The van der Waals surface area contributed by atoms with Gasteiger partial charge in [-0.15, -0.1) is 0 Å². The molecule has 0 amide bonds. The summed E-state index contributed by atoms with van der Waals surface area (Å²) in [5.74, 6) is -0.788. The van der Waals surface area contributed by atoms with Crippen molar-refractivity contribution in [3.63, 3.8) is 0 Å². The molecule has 1 aliphatic carbocycles. The van der Waals surface area contributed by atoms with Gasteiger partial charge in [-0.2, -0.15) is 0 Å². The highest BCUT2D eigenvalue weighted by atomic mass is 79.9. The van der Waals surface area contributed by atoms with Crippen LogP contribution in [0.3, 0.4) is 0 Å². The summed E-state index contributed by atoms with van der Waals surface area (Å²) in [7, 11) is 0. The smallest absolute Gasteiger partial charge is 0.188 e. The third-order valence-corrected chi connectivity index (χ3v) is 5.84. The number of Topliss-reactive ketones (excluding diaryl/α,β-unsaturated/α-hetero) is 1. The van der Waals surface area contributed by atoms with Crippen LogP contribution in [0.1, 0.15) is 31.2 Å². The summed E-state index contributed by atoms with van der Waals surface area (Å²) in [6.45, 7) is -0.727. The minimum atomic E-state index is -1.78. The predicted molar refractivity (Wildman–Crippen MR) is 110 cm³/mol. The minimum absolute atomic E-state index is 0.465. The summed E-state index contributed by atoms with van der Waals surface area (Å²) in [5.41, 5.74) is 1.52. The molecule has 0 saturated heterocycles. The van der Waals surface area contributed by atoms with Gasteiger partial charge >= 0.3 is 0 Å². The average molecular weight is 510 g/mol. The van der Waals surface area contributed by atoms with Gasteiger partial charge in [0.05, 0.1) is 18.9 Å². The van der Waals surface area contributed by atoms with E-state index >= 15 is 0 Å². The Morgan fingerprint density at radius 3 is 2.41 bits per heavy atom.